The van der Waals surface area contributed by atoms with Crippen LogP contribution < -0.4 is 10.5 Å². The van der Waals surface area contributed by atoms with Gasteiger partial charge in [0.2, 0.25) is 5.91 Å². The van der Waals surface area contributed by atoms with E-state index in [1.807, 2.05) is 24.3 Å². The lowest BCUT2D eigenvalue weighted by Gasteiger charge is -2.21. The molecular weight excluding hydrogens is 244 g/mol. The highest BCUT2D eigenvalue weighted by Gasteiger charge is 2.15. The highest BCUT2D eigenvalue weighted by molar-refractivity contribution is 5.79. The number of likely N-dealkylation sites (N-methyl/N-ethyl adjacent to an activating group) is 1. The summed E-state index contributed by atoms with van der Waals surface area (Å²) in [5, 5.41) is 0. The summed E-state index contributed by atoms with van der Waals surface area (Å²) in [5.74, 6) is 0.737. The maximum absolute atomic E-state index is 12.1. The summed E-state index contributed by atoms with van der Waals surface area (Å²) in [5.41, 5.74) is 6.71. The van der Waals surface area contributed by atoms with Crippen LogP contribution in [0, 0.1) is 0 Å². The van der Waals surface area contributed by atoms with Gasteiger partial charge < -0.3 is 20.1 Å². The average Bonchev–Trinajstić information content (AvgIpc) is 2.39. The number of carbonyl (C=O) groups excluding carboxylic acids is 1. The smallest absolute Gasteiger partial charge is 0.226 e. The molecular formula is C14H22N2O3. The molecule has 0 saturated heterocycles. The van der Waals surface area contributed by atoms with Crippen molar-refractivity contribution in [3.05, 3.63) is 29.8 Å². The number of hydrogen-bond acceptors (Lipinski definition) is 4. The van der Waals surface area contributed by atoms with Crippen molar-refractivity contribution < 1.29 is 14.3 Å². The molecule has 5 heteroatoms. The van der Waals surface area contributed by atoms with Crippen LogP contribution in [0.4, 0.5) is 0 Å². The van der Waals surface area contributed by atoms with Gasteiger partial charge in [-0.15, -0.1) is 0 Å². The van der Waals surface area contributed by atoms with Gasteiger partial charge in [0.25, 0.3) is 0 Å². The van der Waals surface area contributed by atoms with E-state index in [9.17, 15) is 4.79 Å². The molecule has 0 fully saturated rings. The summed E-state index contributed by atoms with van der Waals surface area (Å²) in [7, 11) is 4.94. The first-order chi connectivity index (χ1) is 9.08. The zero-order valence-corrected chi connectivity index (χ0v) is 11.8. The van der Waals surface area contributed by atoms with E-state index in [1.165, 1.54) is 0 Å². The molecule has 0 saturated carbocycles. The molecule has 0 spiro atoms. The van der Waals surface area contributed by atoms with E-state index in [1.54, 1.807) is 26.2 Å². The molecule has 0 aliphatic carbocycles. The molecule has 0 aromatic heterocycles. The van der Waals surface area contributed by atoms with Crippen molar-refractivity contribution in [1.82, 2.24) is 4.90 Å². The Morgan fingerprint density at radius 1 is 1.37 bits per heavy atom. The van der Waals surface area contributed by atoms with Gasteiger partial charge in [0.1, 0.15) is 5.75 Å². The molecule has 0 heterocycles. The molecule has 1 unspecified atom stereocenters. The van der Waals surface area contributed by atoms with Crippen LogP contribution in [0.1, 0.15) is 5.56 Å². The molecule has 0 aliphatic heterocycles. The van der Waals surface area contributed by atoms with E-state index >= 15 is 0 Å². The highest BCUT2D eigenvalue weighted by Crippen LogP contribution is 2.18. The Balaban J connectivity index is 2.58. The highest BCUT2D eigenvalue weighted by atomic mass is 16.5. The second-order valence-electron chi connectivity index (χ2n) is 4.48. The zero-order chi connectivity index (χ0) is 14.3. The fraction of sp³-hybridized carbons (Fsp3) is 0.500. The Kier molecular flexibility index (Phi) is 6.32. The molecule has 1 amide bonds. The van der Waals surface area contributed by atoms with Crippen LogP contribution in [0.3, 0.4) is 0 Å². The topological polar surface area (TPSA) is 64.8 Å². The summed E-state index contributed by atoms with van der Waals surface area (Å²) in [6.45, 7) is 0.911. The fourth-order valence-corrected chi connectivity index (χ4v) is 1.87. The third kappa shape index (κ3) is 4.89. The van der Waals surface area contributed by atoms with E-state index in [0.29, 0.717) is 19.6 Å². The first-order valence-corrected chi connectivity index (χ1v) is 6.18. The van der Waals surface area contributed by atoms with Crippen molar-refractivity contribution in [3.8, 4) is 5.75 Å². The summed E-state index contributed by atoms with van der Waals surface area (Å²) >= 11 is 0. The third-order valence-electron chi connectivity index (χ3n) is 2.85. The molecule has 19 heavy (non-hydrogen) atoms. The largest absolute Gasteiger partial charge is 0.496 e. The molecule has 106 valence electrons. The minimum Gasteiger partial charge on any atom is -0.496 e. The van der Waals surface area contributed by atoms with Gasteiger partial charge in [-0.1, -0.05) is 18.2 Å². The predicted molar refractivity (Wildman–Crippen MR) is 74.2 cm³/mol. The second-order valence-corrected chi connectivity index (χ2v) is 4.48. The number of rotatable bonds is 7. The molecule has 2 N–H and O–H groups in total. The predicted octanol–water partition coefficient (Wildman–Crippen LogP) is 0.670. The summed E-state index contributed by atoms with van der Waals surface area (Å²) < 4.78 is 10.2. The molecule has 0 radical (unpaired) electrons. The maximum Gasteiger partial charge on any atom is 0.226 e. The lowest BCUT2D eigenvalue weighted by molar-refractivity contribution is -0.129. The van der Waals surface area contributed by atoms with Gasteiger partial charge in [0.05, 0.1) is 20.1 Å². The molecule has 1 rings (SSSR count). The van der Waals surface area contributed by atoms with Gasteiger partial charge in [-0.2, -0.15) is 0 Å². The van der Waals surface area contributed by atoms with Crippen LogP contribution >= 0.6 is 0 Å². The molecule has 1 aromatic rings. The van der Waals surface area contributed by atoms with E-state index in [4.69, 9.17) is 15.2 Å². The standard InChI is InChI=1S/C14H22N2O3/c1-16(9-12(15)10-18-2)14(17)8-11-6-4-5-7-13(11)19-3/h4-7,12H,8-10,15H2,1-3H3. The minimum atomic E-state index is -0.170. The number of methoxy groups -OCH3 is 2. The lowest BCUT2D eigenvalue weighted by Crippen LogP contribution is -2.41. The Hall–Kier alpha value is -1.59. The Bertz CT molecular complexity index is 409. The number of amides is 1. The Morgan fingerprint density at radius 2 is 2.05 bits per heavy atom. The number of ether oxygens (including phenoxy) is 2. The molecule has 0 aliphatic rings. The monoisotopic (exact) mass is 266 g/mol. The quantitative estimate of drug-likeness (QED) is 0.788. The Morgan fingerprint density at radius 3 is 2.68 bits per heavy atom. The number of carbonyl (C=O) groups is 1. The maximum atomic E-state index is 12.1. The van der Waals surface area contributed by atoms with Crippen LogP contribution in [0.5, 0.6) is 5.75 Å². The molecule has 1 aromatic carbocycles. The van der Waals surface area contributed by atoms with Crippen molar-refractivity contribution >= 4 is 5.91 Å². The van der Waals surface area contributed by atoms with E-state index in [2.05, 4.69) is 0 Å². The van der Waals surface area contributed by atoms with Crippen LogP contribution in [0.25, 0.3) is 0 Å². The van der Waals surface area contributed by atoms with E-state index in [-0.39, 0.29) is 11.9 Å². The second kappa shape index (κ2) is 7.76. The van der Waals surface area contributed by atoms with Gasteiger partial charge >= 0.3 is 0 Å². The van der Waals surface area contributed by atoms with Gasteiger partial charge in [-0.25, -0.2) is 0 Å². The number of hydrogen-bond donors (Lipinski definition) is 1. The van der Waals surface area contributed by atoms with Crippen LogP contribution in [0.15, 0.2) is 24.3 Å². The third-order valence-corrected chi connectivity index (χ3v) is 2.85. The van der Waals surface area contributed by atoms with Crippen LogP contribution in [-0.2, 0) is 16.0 Å². The first kappa shape index (κ1) is 15.5. The number of nitrogens with two attached hydrogens (primary N) is 1. The van der Waals surface area contributed by atoms with Crippen LogP contribution in [0.2, 0.25) is 0 Å². The van der Waals surface area contributed by atoms with Crippen molar-refractivity contribution in [2.45, 2.75) is 12.5 Å². The van der Waals surface area contributed by atoms with Crippen molar-refractivity contribution in [2.24, 2.45) is 5.73 Å². The number of para-hydroxylation sites is 1. The first-order valence-electron chi connectivity index (χ1n) is 6.18. The molecule has 0 bridgehead atoms. The summed E-state index contributed by atoms with van der Waals surface area (Å²) in [6.07, 6.45) is 0.306. The summed E-state index contributed by atoms with van der Waals surface area (Å²) in [4.78, 5) is 13.7. The normalized spacial score (nSPS) is 12.0. The number of benzene rings is 1. The molecule has 1 atom stereocenters. The minimum absolute atomic E-state index is 0.0102. The SMILES string of the molecule is COCC(N)CN(C)C(=O)Cc1ccccc1OC. The fourth-order valence-electron chi connectivity index (χ4n) is 1.87. The van der Waals surface area contributed by atoms with Gasteiger partial charge in [0.15, 0.2) is 0 Å². The van der Waals surface area contributed by atoms with Crippen molar-refractivity contribution in [1.29, 1.82) is 0 Å². The van der Waals surface area contributed by atoms with Gasteiger partial charge in [0, 0.05) is 32.3 Å². The van der Waals surface area contributed by atoms with E-state index in [0.717, 1.165) is 11.3 Å². The van der Waals surface area contributed by atoms with Gasteiger partial charge in [-0.3, -0.25) is 4.79 Å². The lowest BCUT2D eigenvalue weighted by atomic mass is 10.1. The number of nitrogens with zero attached hydrogens (tertiary/aromatic N) is 1. The zero-order valence-electron chi connectivity index (χ0n) is 11.8. The van der Waals surface area contributed by atoms with Crippen molar-refractivity contribution in [3.63, 3.8) is 0 Å². The van der Waals surface area contributed by atoms with Crippen LogP contribution in [-0.4, -0.2) is 51.3 Å². The van der Waals surface area contributed by atoms with E-state index < -0.39 is 0 Å². The van der Waals surface area contributed by atoms with Gasteiger partial charge in [-0.05, 0) is 6.07 Å². The molecule has 5 nitrogen and oxygen atoms in total. The average molecular weight is 266 g/mol. The Labute approximate surface area is 114 Å². The summed E-state index contributed by atoms with van der Waals surface area (Å²) in [6, 6.07) is 7.34. The van der Waals surface area contributed by atoms with Crippen molar-refractivity contribution in [2.75, 3.05) is 34.4 Å².